The molecule has 0 saturated carbocycles. The van der Waals surface area contributed by atoms with Gasteiger partial charge in [-0.25, -0.2) is 8.42 Å². The lowest BCUT2D eigenvalue weighted by atomic mass is 10.1. The number of carbonyl (C=O) groups is 1. The van der Waals surface area contributed by atoms with Gasteiger partial charge in [0.1, 0.15) is 5.75 Å². The zero-order valence-corrected chi connectivity index (χ0v) is 25.1. The van der Waals surface area contributed by atoms with Gasteiger partial charge in [-0.05, 0) is 59.0 Å². The van der Waals surface area contributed by atoms with Gasteiger partial charge < -0.3 is 9.64 Å². The molecule has 4 aromatic carbocycles. The summed E-state index contributed by atoms with van der Waals surface area (Å²) in [5.74, 6) is 1.62. The second kappa shape index (κ2) is 13.1. The molecular formula is C33H36N2O4S2. The second-order valence-corrected chi connectivity index (χ2v) is 13.7. The number of thioether (sulfide) groups is 1. The van der Waals surface area contributed by atoms with Gasteiger partial charge in [0.15, 0.2) is 0 Å². The van der Waals surface area contributed by atoms with E-state index < -0.39 is 10.0 Å². The SMILES string of the molecule is COc1ccc(CSC2CC(CCC(=O)N(C)Cc3ccccc3)N(S(=O)(=O)c3ccc4ccccc4c3)C2)cc1. The molecule has 0 spiro atoms. The third-order valence-corrected chi connectivity index (χ3v) is 10.9. The summed E-state index contributed by atoms with van der Waals surface area (Å²) in [6.45, 7) is 0.957. The molecule has 0 aliphatic carbocycles. The van der Waals surface area contributed by atoms with Crippen LogP contribution in [0.1, 0.15) is 30.4 Å². The van der Waals surface area contributed by atoms with Crippen LogP contribution in [0.2, 0.25) is 0 Å². The fraction of sp³-hybridized carbons (Fsp3) is 0.303. The Morgan fingerprint density at radius 3 is 2.37 bits per heavy atom. The molecule has 5 rings (SSSR count). The predicted octanol–water partition coefficient (Wildman–Crippen LogP) is 6.35. The van der Waals surface area contributed by atoms with Crippen molar-refractivity contribution >= 4 is 38.5 Å². The minimum Gasteiger partial charge on any atom is -0.497 e. The van der Waals surface area contributed by atoms with Gasteiger partial charge in [-0.2, -0.15) is 16.1 Å². The Morgan fingerprint density at radius 2 is 1.63 bits per heavy atom. The Labute approximate surface area is 247 Å². The largest absolute Gasteiger partial charge is 0.497 e. The number of nitrogens with zero attached hydrogens (tertiary/aromatic N) is 2. The normalized spacial score (nSPS) is 17.5. The molecule has 2 unspecified atom stereocenters. The average molecular weight is 589 g/mol. The van der Waals surface area contributed by atoms with Crippen molar-refractivity contribution in [1.82, 2.24) is 9.21 Å². The molecule has 1 heterocycles. The van der Waals surface area contributed by atoms with Crippen LogP contribution in [0.5, 0.6) is 5.75 Å². The molecule has 1 fully saturated rings. The number of hydrogen-bond donors (Lipinski definition) is 0. The van der Waals surface area contributed by atoms with E-state index in [4.69, 9.17) is 4.74 Å². The number of methoxy groups -OCH3 is 1. The highest BCUT2D eigenvalue weighted by Crippen LogP contribution is 2.36. The quantitative estimate of drug-likeness (QED) is 0.204. The Bertz CT molecular complexity index is 1580. The van der Waals surface area contributed by atoms with Crippen LogP contribution in [0, 0.1) is 0 Å². The lowest BCUT2D eigenvalue weighted by Crippen LogP contribution is -2.37. The van der Waals surface area contributed by atoms with Crippen molar-refractivity contribution in [2.45, 2.75) is 47.7 Å². The molecule has 1 aliphatic rings. The van der Waals surface area contributed by atoms with Crippen molar-refractivity contribution in [2.75, 3.05) is 20.7 Å². The molecule has 0 bridgehead atoms. The maximum atomic E-state index is 14.0. The van der Waals surface area contributed by atoms with Gasteiger partial charge in [0.2, 0.25) is 15.9 Å². The summed E-state index contributed by atoms with van der Waals surface area (Å²) in [5, 5.41) is 2.03. The van der Waals surface area contributed by atoms with Gasteiger partial charge in [-0.15, -0.1) is 0 Å². The van der Waals surface area contributed by atoms with E-state index in [9.17, 15) is 13.2 Å². The topological polar surface area (TPSA) is 66.9 Å². The molecule has 8 heteroatoms. The van der Waals surface area contributed by atoms with Gasteiger partial charge in [0.05, 0.1) is 12.0 Å². The monoisotopic (exact) mass is 588 g/mol. The van der Waals surface area contributed by atoms with Gasteiger partial charge in [0.25, 0.3) is 0 Å². The third kappa shape index (κ3) is 7.12. The van der Waals surface area contributed by atoms with Gasteiger partial charge in [-0.3, -0.25) is 4.79 Å². The molecule has 41 heavy (non-hydrogen) atoms. The van der Waals surface area contributed by atoms with Crippen LogP contribution < -0.4 is 4.74 Å². The first-order valence-corrected chi connectivity index (χ1v) is 16.4. The third-order valence-electron chi connectivity index (χ3n) is 7.68. The lowest BCUT2D eigenvalue weighted by Gasteiger charge is -2.25. The zero-order valence-electron chi connectivity index (χ0n) is 23.5. The Morgan fingerprint density at radius 1 is 0.927 bits per heavy atom. The van der Waals surface area contributed by atoms with E-state index in [0.29, 0.717) is 37.2 Å². The highest BCUT2D eigenvalue weighted by molar-refractivity contribution is 7.99. The minimum absolute atomic E-state index is 0.0197. The summed E-state index contributed by atoms with van der Waals surface area (Å²) < 4.78 is 34.9. The van der Waals surface area contributed by atoms with Crippen LogP contribution in [0.15, 0.2) is 102 Å². The van der Waals surface area contributed by atoms with Gasteiger partial charge in [-0.1, -0.05) is 72.8 Å². The van der Waals surface area contributed by atoms with Crippen molar-refractivity contribution in [3.63, 3.8) is 0 Å². The molecule has 1 amide bonds. The van der Waals surface area contributed by atoms with Crippen LogP contribution in [0.4, 0.5) is 0 Å². The maximum Gasteiger partial charge on any atom is 0.243 e. The van der Waals surface area contributed by atoms with Crippen LogP contribution >= 0.6 is 11.8 Å². The van der Waals surface area contributed by atoms with Crippen molar-refractivity contribution in [1.29, 1.82) is 0 Å². The first-order valence-electron chi connectivity index (χ1n) is 13.9. The Balaban J connectivity index is 1.31. The standard InChI is InChI=1S/C33H36N2O4S2/c1-34(22-25-8-4-3-5-9-25)33(36)19-15-29-21-31(40-24-26-12-16-30(39-2)17-13-26)23-35(29)41(37,38)32-18-14-27-10-6-7-11-28(27)20-32/h3-14,16-18,20,29,31H,15,19,21-24H2,1-2H3. The summed E-state index contributed by atoms with van der Waals surface area (Å²) in [7, 11) is -0.286. The molecule has 0 aromatic heterocycles. The first-order chi connectivity index (χ1) is 19.8. The number of benzene rings is 4. The molecule has 1 saturated heterocycles. The lowest BCUT2D eigenvalue weighted by molar-refractivity contribution is -0.130. The molecule has 0 radical (unpaired) electrons. The van der Waals surface area contributed by atoms with E-state index >= 15 is 0 Å². The highest BCUT2D eigenvalue weighted by atomic mass is 32.2. The first kappa shape index (κ1) is 29.2. The van der Waals surface area contributed by atoms with Crippen molar-refractivity contribution < 1.29 is 17.9 Å². The number of hydrogen-bond acceptors (Lipinski definition) is 5. The summed E-state index contributed by atoms with van der Waals surface area (Å²) in [4.78, 5) is 15.1. The summed E-state index contributed by atoms with van der Waals surface area (Å²) in [6.07, 6.45) is 1.50. The van der Waals surface area contributed by atoms with Gasteiger partial charge >= 0.3 is 0 Å². The highest BCUT2D eigenvalue weighted by Gasteiger charge is 2.40. The van der Waals surface area contributed by atoms with Crippen LogP contribution in [-0.2, 0) is 27.1 Å². The smallest absolute Gasteiger partial charge is 0.243 e. The maximum absolute atomic E-state index is 14.0. The number of rotatable bonds is 11. The molecule has 0 N–H and O–H groups in total. The van der Waals surface area contributed by atoms with E-state index in [1.54, 1.807) is 47.3 Å². The van der Waals surface area contributed by atoms with Crippen LogP contribution in [0.3, 0.4) is 0 Å². The molecular weight excluding hydrogens is 553 g/mol. The van der Waals surface area contributed by atoms with E-state index in [-0.39, 0.29) is 17.2 Å². The summed E-state index contributed by atoms with van der Waals surface area (Å²) >= 11 is 1.77. The van der Waals surface area contributed by atoms with E-state index in [2.05, 4.69) is 0 Å². The number of ether oxygens (including phenoxy) is 1. The molecule has 6 nitrogen and oxygen atoms in total. The van der Waals surface area contributed by atoms with Crippen LogP contribution in [-0.4, -0.2) is 55.5 Å². The summed E-state index contributed by atoms with van der Waals surface area (Å²) in [5.41, 5.74) is 2.24. The Kier molecular flexibility index (Phi) is 9.32. The molecule has 2 atom stereocenters. The Hall–Kier alpha value is -3.33. The fourth-order valence-electron chi connectivity index (χ4n) is 5.35. The van der Waals surface area contributed by atoms with E-state index in [1.807, 2.05) is 84.9 Å². The van der Waals surface area contributed by atoms with Crippen molar-refractivity contribution in [3.8, 4) is 5.75 Å². The second-order valence-electron chi connectivity index (χ2n) is 10.5. The van der Waals surface area contributed by atoms with E-state index in [0.717, 1.165) is 27.8 Å². The van der Waals surface area contributed by atoms with E-state index in [1.165, 1.54) is 5.56 Å². The predicted molar refractivity (Wildman–Crippen MR) is 166 cm³/mol. The number of fused-ring (bicyclic) bond motifs is 1. The molecule has 4 aromatic rings. The molecule has 1 aliphatic heterocycles. The minimum atomic E-state index is -3.74. The fourth-order valence-corrected chi connectivity index (χ4v) is 8.43. The number of sulfonamides is 1. The summed E-state index contributed by atoms with van der Waals surface area (Å²) in [6, 6.07) is 30.7. The van der Waals surface area contributed by atoms with Crippen molar-refractivity contribution in [3.05, 3.63) is 108 Å². The van der Waals surface area contributed by atoms with Crippen molar-refractivity contribution in [2.24, 2.45) is 0 Å². The average Bonchev–Trinajstić information content (AvgIpc) is 3.43. The molecule has 214 valence electrons. The van der Waals surface area contributed by atoms with Gasteiger partial charge in [0, 0.05) is 43.6 Å². The number of amides is 1. The van der Waals surface area contributed by atoms with Crippen LogP contribution in [0.25, 0.3) is 10.8 Å². The number of carbonyl (C=O) groups excluding carboxylic acids is 1. The zero-order chi connectivity index (χ0) is 28.8.